The zero-order valence-electron chi connectivity index (χ0n) is 15.6. The SMILES string of the molecule is O=C1/C=C/N=C/CN2C=Cc3cc4c(/c(c3=C2)=N\c2ncncc2/C=C/O1)OCO4. The Morgan fingerprint density at radius 2 is 2.07 bits per heavy atom. The van der Waals surface area contributed by atoms with E-state index >= 15 is 0 Å². The van der Waals surface area contributed by atoms with Crippen molar-refractivity contribution in [3.05, 3.63) is 65.0 Å². The molecular formula is C21H15N5O4. The van der Waals surface area contributed by atoms with Crippen LogP contribution in [0.4, 0.5) is 5.82 Å². The van der Waals surface area contributed by atoms with Crippen LogP contribution in [0.2, 0.25) is 0 Å². The maximum absolute atomic E-state index is 11.8. The third-order valence-electron chi connectivity index (χ3n) is 4.51. The van der Waals surface area contributed by atoms with E-state index in [1.165, 1.54) is 24.9 Å². The van der Waals surface area contributed by atoms with Crippen LogP contribution in [0.25, 0.3) is 18.4 Å². The maximum atomic E-state index is 11.8. The van der Waals surface area contributed by atoms with Crippen molar-refractivity contribution in [1.82, 2.24) is 14.9 Å². The highest BCUT2D eigenvalue weighted by Gasteiger charge is 2.20. The summed E-state index contributed by atoms with van der Waals surface area (Å²) in [6.07, 6.45) is 16.0. The molecule has 4 heterocycles. The fraction of sp³-hybridized carbons (Fsp3) is 0.0952. The number of benzene rings is 1. The van der Waals surface area contributed by atoms with E-state index in [2.05, 4.69) is 15.0 Å². The number of carbonyl (C=O) groups excluding carboxylic acids is 1. The van der Waals surface area contributed by atoms with Gasteiger partial charge < -0.3 is 19.1 Å². The van der Waals surface area contributed by atoms with Crippen LogP contribution in [0, 0.1) is 0 Å². The molecule has 0 unspecified atom stereocenters. The minimum absolute atomic E-state index is 0.125. The molecule has 3 aliphatic rings. The molecule has 3 aliphatic heterocycles. The second-order valence-electron chi connectivity index (χ2n) is 6.40. The molecule has 5 rings (SSSR count). The first-order chi connectivity index (χ1) is 14.8. The molecule has 0 aliphatic carbocycles. The summed E-state index contributed by atoms with van der Waals surface area (Å²) in [6.45, 7) is 0.627. The highest BCUT2D eigenvalue weighted by Crippen LogP contribution is 2.29. The summed E-state index contributed by atoms with van der Waals surface area (Å²) in [6, 6.07) is 1.93. The molecule has 2 bridgehead atoms. The second kappa shape index (κ2) is 7.63. The monoisotopic (exact) mass is 401 g/mol. The van der Waals surface area contributed by atoms with Crippen molar-refractivity contribution in [3.63, 3.8) is 0 Å². The lowest BCUT2D eigenvalue weighted by molar-refractivity contribution is -0.132. The van der Waals surface area contributed by atoms with E-state index < -0.39 is 5.97 Å². The van der Waals surface area contributed by atoms with Gasteiger partial charge in [-0.2, -0.15) is 0 Å². The number of cyclic esters (lactones) is 1. The molecule has 1 aromatic carbocycles. The quantitative estimate of drug-likeness (QED) is 0.614. The Hall–Kier alpha value is -4.27. The predicted molar refractivity (Wildman–Crippen MR) is 108 cm³/mol. The molecule has 148 valence electrons. The fourth-order valence-electron chi connectivity index (χ4n) is 3.11. The number of rotatable bonds is 0. The highest BCUT2D eigenvalue weighted by molar-refractivity contribution is 5.83. The van der Waals surface area contributed by atoms with Gasteiger partial charge in [0.25, 0.3) is 0 Å². The number of ether oxygens (including phenoxy) is 3. The molecule has 0 amide bonds. The topological polar surface area (TPSA) is 98.5 Å². The number of carbonyl (C=O) groups is 1. The van der Waals surface area contributed by atoms with Crippen molar-refractivity contribution in [2.45, 2.75) is 0 Å². The number of fused-ring (bicyclic) bond motifs is 4. The lowest BCUT2D eigenvalue weighted by atomic mass is 10.1. The van der Waals surface area contributed by atoms with E-state index in [1.54, 1.807) is 18.5 Å². The van der Waals surface area contributed by atoms with Crippen LogP contribution in [0.1, 0.15) is 11.1 Å². The van der Waals surface area contributed by atoms with E-state index in [0.29, 0.717) is 34.8 Å². The molecular weight excluding hydrogens is 386 g/mol. The molecule has 0 fully saturated rings. The summed E-state index contributed by atoms with van der Waals surface area (Å²) in [5.74, 6) is 1.04. The second-order valence-corrected chi connectivity index (χ2v) is 6.40. The molecule has 1 aromatic heterocycles. The van der Waals surface area contributed by atoms with Gasteiger partial charge in [-0.15, -0.1) is 0 Å². The van der Waals surface area contributed by atoms with E-state index in [0.717, 1.165) is 10.8 Å². The molecule has 30 heavy (non-hydrogen) atoms. The maximum Gasteiger partial charge on any atom is 0.337 e. The number of hydrogen-bond acceptors (Lipinski definition) is 9. The van der Waals surface area contributed by atoms with Gasteiger partial charge in [0.1, 0.15) is 11.7 Å². The molecule has 0 radical (unpaired) electrons. The summed E-state index contributed by atoms with van der Waals surface area (Å²) in [7, 11) is 0. The van der Waals surface area contributed by atoms with Crippen LogP contribution in [0.15, 0.2) is 53.3 Å². The third-order valence-corrected chi connectivity index (χ3v) is 4.51. The molecule has 9 heteroatoms. The first-order valence-corrected chi connectivity index (χ1v) is 9.10. The van der Waals surface area contributed by atoms with Crippen molar-refractivity contribution in [1.29, 1.82) is 0 Å². The van der Waals surface area contributed by atoms with Crippen molar-refractivity contribution in [3.8, 4) is 11.5 Å². The molecule has 9 nitrogen and oxygen atoms in total. The van der Waals surface area contributed by atoms with E-state index in [-0.39, 0.29) is 6.79 Å². The van der Waals surface area contributed by atoms with Crippen LogP contribution in [0.5, 0.6) is 11.5 Å². The van der Waals surface area contributed by atoms with Crippen molar-refractivity contribution in [2.75, 3.05) is 13.3 Å². The van der Waals surface area contributed by atoms with E-state index in [9.17, 15) is 4.79 Å². The zero-order valence-corrected chi connectivity index (χ0v) is 15.6. The first kappa shape index (κ1) is 17.8. The lowest BCUT2D eigenvalue weighted by Gasteiger charge is -2.17. The van der Waals surface area contributed by atoms with Crippen molar-refractivity contribution < 1.29 is 19.0 Å². The number of aromatic nitrogens is 2. The Morgan fingerprint density at radius 3 is 3.03 bits per heavy atom. The first-order valence-electron chi connectivity index (χ1n) is 9.10. The van der Waals surface area contributed by atoms with E-state index in [4.69, 9.17) is 19.2 Å². The van der Waals surface area contributed by atoms with Crippen LogP contribution < -0.4 is 20.0 Å². The van der Waals surface area contributed by atoms with Crippen molar-refractivity contribution in [2.24, 2.45) is 9.98 Å². The summed E-state index contributed by atoms with van der Waals surface area (Å²) >= 11 is 0. The molecule has 0 atom stereocenters. The van der Waals surface area contributed by atoms with Gasteiger partial charge in [0.2, 0.25) is 6.79 Å². The van der Waals surface area contributed by atoms with E-state index in [1.807, 2.05) is 29.4 Å². The minimum Gasteiger partial charge on any atom is -0.453 e. The normalized spacial score (nSPS) is 20.9. The van der Waals surface area contributed by atoms with Gasteiger partial charge in [-0.1, -0.05) is 0 Å². The Balaban J connectivity index is 1.76. The predicted octanol–water partition coefficient (Wildman–Crippen LogP) is 1.29. The fourth-order valence-corrected chi connectivity index (χ4v) is 3.11. The van der Waals surface area contributed by atoms with Gasteiger partial charge >= 0.3 is 5.97 Å². The van der Waals surface area contributed by atoms with Gasteiger partial charge in [0.05, 0.1) is 12.8 Å². The van der Waals surface area contributed by atoms with Gasteiger partial charge in [-0.25, -0.2) is 19.8 Å². The molecule has 0 saturated carbocycles. The summed E-state index contributed by atoms with van der Waals surface area (Å²) in [5.41, 5.74) is 1.53. The van der Waals surface area contributed by atoms with Crippen LogP contribution in [0.3, 0.4) is 0 Å². The van der Waals surface area contributed by atoms with Gasteiger partial charge in [0, 0.05) is 47.9 Å². The van der Waals surface area contributed by atoms with Gasteiger partial charge in [-0.3, -0.25) is 4.99 Å². The Morgan fingerprint density at radius 1 is 1.10 bits per heavy atom. The average molecular weight is 401 g/mol. The molecule has 0 saturated heterocycles. The zero-order chi connectivity index (χ0) is 20.3. The lowest BCUT2D eigenvalue weighted by Crippen LogP contribution is -2.34. The number of nitrogens with zero attached hydrogens (tertiary/aromatic N) is 5. The minimum atomic E-state index is -0.548. The Kier molecular flexibility index (Phi) is 4.53. The Labute approximate surface area is 170 Å². The molecule has 0 spiro atoms. The number of esters is 1. The van der Waals surface area contributed by atoms with Gasteiger partial charge in [-0.05, 0) is 23.8 Å². The van der Waals surface area contributed by atoms with Crippen LogP contribution in [-0.4, -0.2) is 40.4 Å². The summed E-state index contributed by atoms with van der Waals surface area (Å²) < 4.78 is 16.3. The van der Waals surface area contributed by atoms with Gasteiger partial charge in [0.15, 0.2) is 17.3 Å². The Bertz CT molecular complexity index is 1260. The number of aliphatic imine (C=N–C) groups is 1. The smallest absolute Gasteiger partial charge is 0.337 e. The summed E-state index contributed by atoms with van der Waals surface area (Å²) in [4.78, 5) is 30.9. The third kappa shape index (κ3) is 3.44. The van der Waals surface area contributed by atoms with Crippen LogP contribution in [-0.2, 0) is 9.53 Å². The largest absolute Gasteiger partial charge is 0.453 e. The average Bonchev–Trinajstić information content (AvgIpc) is 3.22. The van der Waals surface area contributed by atoms with Crippen molar-refractivity contribution >= 4 is 36.4 Å². The molecule has 2 aromatic rings. The molecule has 0 N–H and O–H groups in total. The van der Waals surface area contributed by atoms with Crippen LogP contribution >= 0.6 is 0 Å². The summed E-state index contributed by atoms with van der Waals surface area (Å²) in [5, 5.41) is 1.47. The number of hydrogen-bond donors (Lipinski definition) is 0. The highest BCUT2D eigenvalue weighted by atomic mass is 16.7. The standard InChI is InChI=1S/C21H15N5O4/c27-18-1-4-22-5-7-26-6-2-14-9-17-20(30-13-29-17)19(16(14)11-26)25-21-15(3-8-28-18)10-23-12-24-21/h1-6,8-12H,7,13H2/b4-1+,8-3+,22-5+,25-19-.